The molecule has 0 heterocycles. The average molecular weight is 321 g/mol. The molecule has 0 spiro atoms. The molecule has 0 unspecified atom stereocenters. The minimum atomic E-state index is -3.64. The highest BCUT2D eigenvalue weighted by Crippen LogP contribution is 2.35. The minimum Gasteiger partial charge on any atom is -0.497 e. The van der Waals surface area contributed by atoms with Crippen LogP contribution < -0.4 is 13.8 Å². The third kappa shape index (κ3) is 3.01. The smallest absolute Gasteiger partial charge is 0.264 e. The highest BCUT2D eigenvalue weighted by atomic mass is 32.2. The van der Waals surface area contributed by atoms with Crippen LogP contribution in [0.5, 0.6) is 11.5 Å². The van der Waals surface area contributed by atoms with Crippen molar-refractivity contribution in [1.82, 2.24) is 0 Å². The average Bonchev–Trinajstić information content (AvgIpc) is 2.56. The van der Waals surface area contributed by atoms with Crippen molar-refractivity contribution >= 4 is 15.7 Å². The number of sulfonamides is 1. The second-order valence-electron chi connectivity index (χ2n) is 4.52. The topological polar surface area (TPSA) is 55.8 Å². The van der Waals surface area contributed by atoms with Gasteiger partial charge in [-0.3, -0.25) is 4.31 Å². The summed E-state index contributed by atoms with van der Waals surface area (Å²) in [7, 11) is -0.594. The van der Waals surface area contributed by atoms with Gasteiger partial charge in [0.1, 0.15) is 11.5 Å². The second-order valence-corrected chi connectivity index (χ2v) is 6.38. The largest absolute Gasteiger partial charge is 0.497 e. The molecule has 22 heavy (non-hydrogen) atoms. The normalized spacial score (nSPS) is 11.0. The lowest BCUT2D eigenvalue weighted by atomic mass is 10.2. The molecule has 2 aromatic carbocycles. The maximum atomic E-state index is 12.8. The Morgan fingerprint density at radius 3 is 2.23 bits per heavy atom. The lowest BCUT2D eigenvalue weighted by Gasteiger charge is -2.25. The summed E-state index contributed by atoms with van der Waals surface area (Å²) < 4.78 is 37.4. The van der Waals surface area contributed by atoms with Gasteiger partial charge < -0.3 is 9.47 Å². The van der Waals surface area contributed by atoms with Gasteiger partial charge in [0.2, 0.25) is 0 Å². The zero-order valence-electron chi connectivity index (χ0n) is 12.8. The monoisotopic (exact) mass is 321 g/mol. The van der Waals surface area contributed by atoms with Crippen LogP contribution in [0.2, 0.25) is 0 Å². The van der Waals surface area contributed by atoms with E-state index in [0.29, 0.717) is 23.7 Å². The molecule has 0 radical (unpaired) electrons. The van der Waals surface area contributed by atoms with Gasteiger partial charge in [0.05, 0.1) is 24.8 Å². The fourth-order valence-electron chi connectivity index (χ4n) is 2.18. The van der Waals surface area contributed by atoms with E-state index in [1.165, 1.54) is 11.4 Å². The second kappa shape index (κ2) is 6.70. The van der Waals surface area contributed by atoms with Gasteiger partial charge in [0, 0.05) is 12.6 Å². The SMILES string of the molecule is CCN(c1ccc(OC)cc1OC)S(=O)(=O)c1ccccc1. The van der Waals surface area contributed by atoms with E-state index in [9.17, 15) is 8.42 Å². The first-order chi connectivity index (χ1) is 10.5. The summed E-state index contributed by atoms with van der Waals surface area (Å²) in [6, 6.07) is 13.4. The van der Waals surface area contributed by atoms with Crippen LogP contribution >= 0.6 is 0 Å². The summed E-state index contributed by atoms with van der Waals surface area (Å²) in [5, 5.41) is 0. The van der Waals surface area contributed by atoms with Crippen molar-refractivity contribution in [3.63, 3.8) is 0 Å². The molecule has 0 aliphatic rings. The third-order valence-corrected chi connectivity index (χ3v) is 5.18. The van der Waals surface area contributed by atoms with Gasteiger partial charge in [-0.25, -0.2) is 8.42 Å². The maximum Gasteiger partial charge on any atom is 0.264 e. The maximum absolute atomic E-state index is 12.8. The Labute approximate surface area is 131 Å². The zero-order chi connectivity index (χ0) is 16.2. The first kappa shape index (κ1) is 16.2. The number of hydrogen-bond donors (Lipinski definition) is 0. The Morgan fingerprint density at radius 2 is 1.68 bits per heavy atom. The Morgan fingerprint density at radius 1 is 1.00 bits per heavy atom. The van der Waals surface area contributed by atoms with E-state index in [0.717, 1.165) is 0 Å². The number of benzene rings is 2. The van der Waals surface area contributed by atoms with Gasteiger partial charge >= 0.3 is 0 Å². The fourth-order valence-corrected chi connectivity index (χ4v) is 3.69. The summed E-state index contributed by atoms with van der Waals surface area (Å²) in [6.45, 7) is 2.07. The van der Waals surface area contributed by atoms with Gasteiger partial charge in [-0.05, 0) is 31.2 Å². The zero-order valence-corrected chi connectivity index (χ0v) is 13.6. The molecular formula is C16H19NO4S. The van der Waals surface area contributed by atoms with Crippen LogP contribution in [0.4, 0.5) is 5.69 Å². The first-order valence-corrected chi connectivity index (χ1v) is 8.28. The van der Waals surface area contributed by atoms with Crippen LogP contribution in [0.15, 0.2) is 53.4 Å². The molecule has 0 bridgehead atoms. The van der Waals surface area contributed by atoms with Crippen LogP contribution in [-0.4, -0.2) is 29.2 Å². The number of rotatable bonds is 6. The highest BCUT2D eigenvalue weighted by molar-refractivity contribution is 7.92. The Kier molecular flexibility index (Phi) is 4.92. The predicted molar refractivity (Wildman–Crippen MR) is 86.2 cm³/mol. The summed E-state index contributed by atoms with van der Waals surface area (Å²) in [4.78, 5) is 0.245. The number of nitrogens with zero attached hydrogens (tertiary/aromatic N) is 1. The van der Waals surface area contributed by atoms with E-state index < -0.39 is 10.0 Å². The predicted octanol–water partition coefficient (Wildman–Crippen LogP) is 2.92. The van der Waals surface area contributed by atoms with Crippen molar-refractivity contribution in [2.75, 3.05) is 25.1 Å². The molecule has 0 fully saturated rings. The minimum absolute atomic E-state index is 0.245. The molecule has 0 amide bonds. The molecule has 0 saturated carbocycles. The fraction of sp³-hybridized carbons (Fsp3) is 0.250. The van der Waals surface area contributed by atoms with Crippen LogP contribution in [0.3, 0.4) is 0 Å². The third-order valence-electron chi connectivity index (χ3n) is 3.27. The first-order valence-electron chi connectivity index (χ1n) is 6.84. The van der Waals surface area contributed by atoms with Crippen molar-refractivity contribution in [3.05, 3.63) is 48.5 Å². The molecule has 0 atom stereocenters. The molecule has 2 aromatic rings. The molecular weight excluding hydrogens is 302 g/mol. The molecule has 0 N–H and O–H groups in total. The van der Waals surface area contributed by atoms with Gasteiger partial charge in [0.25, 0.3) is 10.0 Å². The van der Waals surface area contributed by atoms with Gasteiger partial charge in [0.15, 0.2) is 0 Å². The molecule has 5 nitrogen and oxygen atoms in total. The van der Waals surface area contributed by atoms with Crippen molar-refractivity contribution in [1.29, 1.82) is 0 Å². The number of anilines is 1. The Balaban J connectivity index is 2.53. The quantitative estimate of drug-likeness (QED) is 0.821. The lowest BCUT2D eigenvalue weighted by molar-refractivity contribution is 0.395. The van der Waals surface area contributed by atoms with Crippen LogP contribution in [0, 0.1) is 0 Å². The number of ether oxygens (including phenoxy) is 2. The molecule has 118 valence electrons. The van der Waals surface area contributed by atoms with Crippen molar-refractivity contribution in [3.8, 4) is 11.5 Å². The van der Waals surface area contributed by atoms with Crippen LogP contribution in [-0.2, 0) is 10.0 Å². The molecule has 2 rings (SSSR count). The van der Waals surface area contributed by atoms with Crippen molar-refractivity contribution < 1.29 is 17.9 Å². The molecule has 0 aliphatic heterocycles. The van der Waals surface area contributed by atoms with Crippen LogP contribution in [0.25, 0.3) is 0 Å². The number of hydrogen-bond acceptors (Lipinski definition) is 4. The van der Waals surface area contributed by atoms with Gasteiger partial charge in [-0.1, -0.05) is 18.2 Å². The van der Waals surface area contributed by atoms with E-state index in [1.807, 2.05) is 0 Å². The van der Waals surface area contributed by atoms with E-state index in [-0.39, 0.29) is 4.90 Å². The molecule has 0 aliphatic carbocycles. The summed E-state index contributed by atoms with van der Waals surface area (Å²) in [6.07, 6.45) is 0. The summed E-state index contributed by atoms with van der Waals surface area (Å²) in [5.74, 6) is 1.05. The van der Waals surface area contributed by atoms with E-state index in [4.69, 9.17) is 9.47 Å². The standard InChI is InChI=1S/C16H19NO4S/c1-4-17(22(18,19)14-8-6-5-7-9-14)15-11-10-13(20-2)12-16(15)21-3/h5-12H,4H2,1-3H3. The lowest BCUT2D eigenvalue weighted by Crippen LogP contribution is -2.31. The highest BCUT2D eigenvalue weighted by Gasteiger charge is 2.26. The number of methoxy groups -OCH3 is 2. The van der Waals surface area contributed by atoms with E-state index in [2.05, 4.69) is 0 Å². The van der Waals surface area contributed by atoms with E-state index in [1.54, 1.807) is 62.6 Å². The van der Waals surface area contributed by atoms with Gasteiger partial charge in [-0.15, -0.1) is 0 Å². The van der Waals surface area contributed by atoms with Crippen LogP contribution in [0.1, 0.15) is 6.92 Å². The Hall–Kier alpha value is -2.21. The van der Waals surface area contributed by atoms with E-state index >= 15 is 0 Å². The Bertz CT molecular complexity index is 729. The summed E-state index contributed by atoms with van der Waals surface area (Å²) >= 11 is 0. The van der Waals surface area contributed by atoms with Gasteiger partial charge in [-0.2, -0.15) is 0 Å². The van der Waals surface area contributed by atoms with Crippen molar-refractivity contribution in [2.24, 2.45) is 0 Å². The van der Waals surface area contributed by atoms with Crippen molar-refractivity contribution in [2.45, 2.75) is 11.8 Å². The molecule has 0 aromatic heterocycles. The summed E-state index contributed by atoms with van der Waals surface area (Å²) in [5.41, 5.74) is 0.481. The molecule has 6 heteroatoms. The molecule has 0 saturated heterocycles.